The van der Waals surface area contributed by atoms with Crippen molar-refractivity contribution < 1.29 is 4.58 Å². The number of amidine groups is 2. The van der Waals surface area contributed by atoms with Crippen molar-refractivity contribution in [3.63, 3.8) is 0 Å². The number of hydrogen-bond donors (Lipinski definition) is 0. The lowest BCUT2D eigenvalue weighted by Crippen LogP contribution is -2.27. The third-order valence-electron chi connectivity index (χ3n) is 3.40. The number of aliphatic imine (C=N–C) groups is 1. The Hall–Kier alpha value is -0.510. The SMILES string of the molecule is C1CCN(C2=NC(=[N+]3CCCC3)SC2)C1. The summed E-state index contributed by atoms with van der Waals surface area (Å²) in [7, 11) is 0. The van der Waals surface area contributed by atoms with Crippen molar-refractivity contribution in [2.24, 2.45) is 4.99 Å². The van der Waals surface area contributed by atoms with Gasteiger partial charge in [0.1, 0.15) is 0 Å². The molecule has 0 radical (unpaired) electrons. The highest BCUT2D eigenvalue weighted by molar-refractivity contribution is 8.14. The summed E-state index contributed by atoms with van der Waals surface area (Å²) < 4.78 is 2.45. The third kappa shape index (κ3) is 1.92. The number of nitrogens with zero attached hydrogens (tertiary/aromatic N) is 3. The van der Waals surface area contributed by atoms with Crippen LogP contribution < -0.4 is 0 Å². The van der Waals surface area contributed by atoms with Crippen molar-refractivity contribution >= 4 is 22.8 Å². The Bertz CT molecular complexity index is 308. The molecule has 0 saturated carbocycles. The molecular formula is C11H18N3S+. The fourth-order valence-electron chi connectivity index (χ4n) is 2.51. The van der Waals surface area contributed by atoms with E-state index in [4.69, 9.17) is 4.99 Å². The van der Waals surface area contributed by atoms with Crippen molar-refractivity contribution in [2.75, 3.05) is 31.9 Å². The summed E-state index contributed by atoms with van der Waals surface area (Å²) in [5, 5.41) is 1.29. The molecule has 3 rings (SSSR count). The number of rotatable bonds is 0. The van der Waals surface area contributed by atoms with Gasteiger partial charge in [-0.05, 0) is 42.4 Å². The van der Waals surface area contributed by atoms with Gasteiger partial charge in [-0.1, -0.05) is 0 Å². The molecule has 0 aliphatic carbocycles. The molecule has 2 fully saturated rings. The first-order valence-corrected chi connectivity index (χ1v) is 6.99. The van der Waals surface area contributed by atoms with Gasteiger partial charge >= 0.3 is 5.17 Å². The van der Waals surface area contributed by atoms with Crippen LogP contribution >= 0.6 is 11.8 Å². The van der Waals surface area contributed by atoms with Gasteiger partial charge in [0.05, 0.1) is 18.8 Å². The van der Waals surface area contributed by atoms with Gasteiger partial charge in [0.2, 0.25) is 5.84 Å². The molecule has 82 valence electrons. The van der Waals surface area contributed by atoms with E-state index < -0.39 is 0 Å². The minimum atomic E-state index is 1.10. The van der Waals surface area contributed by atoms with Crippen LogP contribution in [0.25, 0.3) is 0 Å². The monoisotopic (exact) mass is 224 g/mol. The molecule has 0 spiro atoms. The standard InChI is InChI=1S/C11H18N3S/c1-2-6-13(5-1)10-9-15-11(12-10)14-7-3-4-8-14/h1-9H2/q+1. The Morgan fingerprint density at radius 3 is 2.53 bits per heavy atom. The summed E-state index contributed by atoms with van der Waals surface area (Å²) in [5.41, 5.74) is 0. The van der Waals surface area contributed by atoms with E-state index in [2.05, 4.69) is 9.48 Å². The third-order valence-corrected chi connectivity index (χ3v) is 4.41. The highest BCUT2D eigenvalue weighted by atomic mass is 32.2. The summed E-state index contributed by atoms with van der Waals surface area (Å²) in [5.74, 6) is 2.44. The maximum atomic E-state index is 4.80. The molecule has 3 aliphatic heterocycles. The normalized spacial score (nSPS) is 26.7. The van der Waals surface area contributed by atoms with Crippen LogP contribution in [0.3, 0.4) is 0 Å². The highest BCUT2D eigenvalue weighted by Gasteiger charge is 2.31. The molecule has 2 saturated heterocycles. The predicted molar refractivity (Wildman–Crippen MR) is 64.9 cm³/mol. The van der Waals surface area contributed by atoms with Gasteiger partial charge in [0.25, 0.3) is 0 Å². The molecule has 3 aliphatic rings. The summed E-state index contributed by atoms with van der Waals surface area (Å²) in [6, 6.07) is 0. The van der Waals surface area contributed by atoms with Crippen molar-refractivity contribution in [2.45, 2.75) is 25.7 Å². The Balaban J connectivity index is 1.76. The van der Waals surface area contributed by atoms with Crippen LogP contribution in [-0.2, 0) is 0 Å². The molecule has 0 N–H and O–H groups in total. The number of hydrogen-bond acceptors (Lipinski definition) is 2. The Labute approximate surface area is 95.3 Å². The first-order chi connectivity index (χ1) is 7.43. The van der Waals surface area contributed by atoms with E-state index >= 15 is 0 Å². The quantitative estimate of drug-likeness (QED) is 0.579. The Kier molecular flexibility index (Phi) is 2.69. The van der Waals surface area contributed by atoms with Crippen molar-refractivity contribution in [1.29, 1.82) is 0 Å². The van der Waals surface area contributed by atoms with Gasteiger partial charge in [0.15, 0.2) is 0 Å². The molecule has 0 bridgehead atoms. The molecule has 0 amide bonds. The molecule has 0 atom stereocenters. The average Bonchev–Trinajstić information content (AvgIpc) is 3.02. The fourth-order valence-corrected chi connectivity index (χ4v) is 3.55. The molecule has 0 aromatic heterocycles. The van der Waals surface area contributed by atoms with Gasteiger partial charge in [-0.15, -0.1) is 0 Å². The molecular weight excluding hydrogens is 206 g/mol. The number of likely N-dealkylation sites (tertiary alicyclic amines) is 1. The zero-order valence-corrected chi connectivity index (χ0v) is 9.93. The molecule has 4 heteroatoms. The lowest BCUT2D eigenvalue weighted by molar-refractivity contribution is -0.503. The van der Waals surface area contributed by atoms with E-state index in [1.807, 2.05) is 11.8 Å². The Morgan fingerprint density at radius 2 is 1.80 bits per heavy atom. The van der Waals surface area contributed by atoms with E-state index in [0.29, 0.717) is 0 Å². The van der Waals surface area contributed by atoms with E-state index in [1.54, 1.807) is 0 Å². The van der Waals surface area contributed by atoms with Crippen LogP contribution in [0.5, 0.6) is 0 Å². The summed E-state index contributed by atoms with van der Waals surface area (Å²) in [6.45, 7) is 4.90. The van der Waals surface area contributed by atoms with Crippen LogP contribution in [-0.4, -0.2) is 52.4 Å². The Morgan fingerprint density at radius 1 is 1.07 bits per heavy atom. The van der Waals surface area contributed by atoms with Crippen LogP contribution in [0.1, 0.15) is 25.7 Å². The van der Waals surface area contributed by atoms with Gasteiger partial charge in [-0.3, -0.25) is 4.58 Å². The molecule has 3 heterocycles. The van der Waals surface area contributed by atoms with E-state index in [9.17, 15) is 0 Å². The summed E-state index contributed by atoms with van der Waals surface area (Å²) in [6.07, 6.45) is 5.39. The van der Waals surface area contributed by atoms with Gasteiger partial charge < -0.3 is 4.90 Å². The zero-order chi connectivity index (χ0) is 10.1. The van der Waals surface area contributed by atoms with Crippen LogP contribution in [0, 0.1) is 0 Å². The summed E-state index contributed by atoms with van der Waals surface area (Å²) in [4.78, 5) is 7.27. The van der Waals surface area contributed by atoms with Crippen molar-refractivity contribution in [3.8, 4) is 0 Å². The average molecular weight is 224 g/mol. The van der Waals surface area contributed by atoms with Gasteiger partial charge in [0, 0.05) is 13.1 Å². The lowest BCUT2D eigenvalue weighted by Gasteiger charge is -2.11. The zero-order valence-electron chi connectivity index (χ0n) is 9.11. The van der Waals surface area contributed by atoms with E-state index in [-0.39, 0.29) is 0 Å². The maximum Gasteiger partial charge on any atom is 0.357 e. The number of thioether (sulfide) groups is 1. The van der Waals surface area contributed by atoms with Crippen LogP contribution in [0.2, 0.25) is 0 Å². The smallest absolute Gasteiger partial charge is 0.339 e. The maximum absolute atomic E-state index is 4.80. The second-order valence-corrected chi connectivity index (χ2v) is 5.43. The second-order valence-electron chi connectivity index (χ2n) is 4.49. The van der Waals surface area contributed by atoms with Crippen LogP contribution in [0.15, 0.2) is 4.99 Å². The van der Waals surface area contributed by atoms with E-state index in [0.717, 1.165) is 5.75 Å². The van der Waals surface area contributed by atoms with Gasteiger partial charge in [-0.25, -0.2) is 0 Å². The molecule has 3 nitrogen and oxygen atoms in total. The largest absolute Gasteiger partial charge is 0.357 e. The first-order valence-electron chi connectivity index (χ1n) is 6.01. The highest BCUT2D eigenvalue weighted by Crippen LogP contribution is 2.21. The lowest BCUT2D eigenvalue weighted by atomic mass is 10.4. The topological polar surface area (TPSA) is 18.6 Å². The molecule has 0 aromatic carbocycles. The minimum absolute atomic E-state index is 1.10. The first kappa shape index (κ1) is 9.70. The van der Waals surface area contributed by atoms with Crippen molar-refractivity contribution in [1.82, 2.24) is 4.90 Å². The molecule has 0 aromatic rings. The molecule has 0 unspecified atom stereocenters. The molecule has 15 heavy (non-hydrogen) atoms. The van der Waals surface area contributed by atoms with Gasteiger partial charge in [-0.2, -0.15) is 0 Å². The predicted octanol–water partition coefficient (Wildman–Crippen LogP) is 1.39. The second kappa shape index (κ2) is 4.16. The van der Waals surface area contributed by atoms with Crippen molar-refractivity contribution in [3.05, 3.63) is 0 Å². The van der Waals surface area contributed by atoms with Crippen LogP contribution in [0.4, 0.5) is 0 Å². The summed E-state index contributed by atoms with van der Waals surface area (Å²) >= 11 is 1.93. The van der Waals surface area contributed by atoms with E-state index in [1.165, 1.54) is 62.9 Å². The fraction of sp³-hybridized carbons (Fsp3) is 0.818. The minimum Gasteiger partial charge on any atom is -0.339 e.